The topological polar surface area (TPSA) is 79.2 Å². The highest BCUT2D eigenvalue weighted by atomic mass is 16.6. The summed E-state index contributed by atoms with van der Waals surface area (Å²) in [5.74, 6) is 0. The number of unbranched alkanes of at least 4 members (excludes halogenated alkanes) is 13. The van der Waals surface area contributed by atoms with Crippen molar-refractivity contribution >= 4 is 0 Å². The van der Waals surface area contributed by atoms with Gasteiger partial charge >= 0.3 is 0 Å². The third-order valence-corrected chi connectivity index (χ3v) is 5.56. The van der Waals surface area contributed by atoms with E-state index in [9.17, 15) is 15.3 Å². The number of allylic oxidation sites excluding steroid dienone is 1. The van der Waals surface area contributed by atoms with Crippen LogP contribution in [-0.2, 0) is 9.47 Å². The van der Waals surface area contributed by atoms with Crippen molar-refractivity contribution in [2.24, 2.45) is 0 Å². The van der Waals surface area contributed by atoms with Gasteiger partial charge in [0, 0.05) is 0 Å². The van der Waals surface area contributed by atoms with Crippen molar-refractivity contribution < 1.29 is 24.8 Å². The van der Waals surface area contributed by atoms with E-state index in [1.54, 1.807) is 6.26 Å². The second-order valence-electron chi connectivity index (χ2n) is 8.12. The molecule has 3 N–H and O–H groups in total. The van der Waals surface area contributed by atoms with Crippen molar-refractivity contribution in [2.75, 3.05) is 13.2 Å². The summed E-state index contributed by atoms with van der Waals surface area (Å²) in [5, 5.41) is 28.7. The zero-order valence-corrected chi connectivity index (χ0v) is 17.9. The van der Waals surface area contributed by atoms with Gasteiger partial charge < -0.3 is 24.8 Å². The Labute approximate surface area is 172 Å². The average Bonchev–Trinajstić information content (AvgIpc) is 3.03. The molecule has 1 aliphatic rings. The second-order valence-corrected chi connectivity index (χ2v) is 8.12. The number of hydrogen-bond acceptors (Lipinski definition) is 5. The third kappa shape index (κ3) is 11.4. The molecule has 0 spiro atoms. The maximum atomic E-state index is 9.80. The highest BCUT2D eigenvalue weighted by molar-refractivity contribution is 4.90. The van der Waals surface area contributed by atoms with E-state index >= 15 is 0 Å². The second kappa shape index (κ2) is 17.3. The first kappa shape index (κ1) is 25.4. The molecule has 0 bridgehead atoms. The first-order valence-electron chi connectivity index (χ1n) is 11.6. The molecule has 0 aromatic rings. The summed E-state index contributed by atoms with van der Waals surface area (Å²) < 4.78 is 10.8. The first-order chi connectivity index (χ1) is 13.7. The van der Waals surface area contributed by atoms with Gasteiger partial charge in [0.2, 0.25) is 0 Å². The van der Waals surface area contributed by atoms with Gasteiger partial charge in [0.1, 0.15) is 24.4 Å². The lowest BCUT2D eigenvalue weighted by molar-refractivity contribution is -0.0737. The van der Waals surface area contributed by atoms with Gasteiger partial charge in [-0.25, -0.2) is 0 Å². The molecule has 1 rings (SSSR count). The fraction of sp³-hybridized carbons (Fsp3) is 0.913. The molecule has 0 unspecified atom stereocenters. The maximum absolute atomic E-state index is 9.80. The first-order valence-corrected chi connectivity index (χ1v) is 11.6. The molecule has 0 radical (unpaired) electrons. The van der Waals surface area contributed by atoms with Gasteiger partial charge in [-0.05, 0) is 18.9 Å². The predicted molar refractivity (Wildman–Crippen MR) is 113 cm³/mol. The van der Waals surface area contributed by atoms with Gasteiger partial charge in [-0.2, -0.15) is 0 Å². The molecule has 0 aromatic heterocycles. The van der Waals surface area contributed by atoms with Crippen LogP contribution in [0.15, 0.2) is 12.3 Å². The highest BCUT2D eigenvalue weighted by Gasteiger charge is 2.40. The van der Waals surface area contributed by atoms with Gasteiger partial charge in [0.15, 0.2) is 0 Å². The Balaban J connectivity index is 1.89. The van der Waals surface area contributed by atoms with Gasteiger partial charge in [-0.3, -0.25) is 0 Å². The Kier molecular flexibility index (Phi) is 15.7. The smallest absolute Gasteiger partial charge is 0.149 e. The monoisotopic (exact) mass is 400 g/mol. The van der Waals surface area contributed by atoms with E-state index < -0.39 is 24.4 Å². The fourth-order valence-corrected chi connectivity index (χ4v) is 3.68. The summed E-state index contributed by atoms with van der Waals surface area (Å²) in [4.78, 5) is 0. The van der Waals surface area contributed by atoms with Gasteiger partial charge in [0.05, 0.1) is 19.5 Å². The lowest BCUT2D eigenvalue weighted by atomic mass is 10.0. The molecule has 0 aromatic carbocycles. The lowest BCUT2D eigenvalue weighted by Crippen LogP contribution is -2.41. The summed E-state index contributed by atoms with van der Waals surface area (Å²) in [6.07, 6.45) is 18.8. The molecule has 0 aliphatic carbocycles. The van der Waals surface area contributed by atoms with Crippen molar-refractivity contribution in [2.45, 2.75) is 121 Å². The SMILES string of the molecule is CCCCCCCCCCCCCCC/C=C/O[C@H](CO)[C@@H]1OC[C@H](O)[C@@H]1O. The van der Waals surface area contributed by atoms with Crippen LogP contribution >= 0.6 is 0 Å². The van der Waals surface area contributed by atoms with Gasteiger partial charge in [0.25, 0.3) is 0 Å². The van der Waals surface area contributed by atoms with E-state index in [1.165, 1.54) is 77.0 Å². The van der Waals surface area contributed by atoms with Crippen LogP contribution in [0.25, 0.3) is 0 Å². The van der Waals surface area contributed by atoms with E-state index in [0.29, 0.717) is 0 Å². The van der Waals surface area contributed by atoms with E-state index in [-0.39, 0.29) is 13.2 Å². The van der Waals surface area contributed by atoms with Gasteiger partial charge in [-0.15, -0.1) is 0 Å². The summed E-state index contributed by atoms with van der Waals surface area (Å²) in [7, 11) is 0. The highest BCUT2D eigenvalue weighted by Crippen LogP contribution is 2.20. The Morgan fingerprint density at radius 2 is 1.43 bits per heavy atom. The minimum absolute atomic E-state index is 0.0777. The molecule has 5 nitrogen and oxygen atoms in total. The van der Waals surface area contributed by atoms with E-state index in [2.05, 4.69) is 6.92 Å². The molecule has 5 heteroatoms. The molecule has 0 amide bonds. The largest absolute Gasteiger partial charge is 0.493 e. The fourth-order valence-electron chi connectivity index (χ4n) is 3.68. The van der Waals surface area contributed by atoms with Crippen LogP contribution in [-0.4, -0.2) is 52.9 Å². The van der Waals surface area contributed by atoms with Crippen molar-refractivity contribution in [3.05, 3.63) is 12.3 Å². The molecular weight excluding hydrogens is 356 g/mol. The lowest BCUT2D eigenvalue weighted by Gasteiger charge is -2.23. The Hall–Kier alpha value is -0.620. The normalized spacial score (nSPS) is 23.5. The molecule has 1 fully saturated rings. The Morgan fingerprint density at radius 3 is 1.89 bits per heavy atom. The molecule has 1 aliphatic heterocycles. The molecule has 1 saturated heterocycles. The minimum atomic E-state index is -1.01. The minimum Gasteiger partial charge on any atom is -0.493 e. The predicted octanol–water partition coefficient (Wildman–Crippen LogP) is 4.48. The van der Waals surface area contributed by atoms with Crippen molar-refractivity contribution in [3.8, 4) is 0 Å². The number of rotatable bonds is 18. The zero-order chi connectivity index (χ0) is 20.5. The summed E-state index contributed by atoms with van der Waals surface area (Å²) in [6.45, 7) is 2.09. The van der Waals surface area contributed by atoms with E-state index in [1.807, 2.05) is 6.08 Å². The van der Waals surface area contributed by atoms with Crippen molar-refractivity contribution in [1.29, 1.82) is 0 Å². The Bertz CT molecular complexity index is 374. The number of ether oxygens (including phenoxy) is 2. The van der Waals surface area contributed by atoms with Crippen LogP contribution in [0.2, 0.25) is 0 Å². The third-order valence-electron chi connectivity index (χ3n) is 5.56. The van der Waals surface area contributed by atoms with Crippen molar-refractivity contribution in [3.63, 3.8) is 0 Å². The molecule has 28 heavy (non-hydrogen) atoms. The summed E-state index contributed by atoms with van der Waals surface area (Å²) >= 11 is 0. The van der Waals surface area contributed by atoms with Gasteiger partial charge in [-0.1, -0.05) is 84.0 Å². The van der Waals surface area contributed by atoms with E-state index in [0.717, 1.165) is 12.8 Å². The van der Waals surface area contributed by atoms with Crippen LogP contribution < -0.4 is 0 Å². The van der Waals surface area contributed by atoms with Crippen molar-refractivity contribution in [1.82, 2.24) is 0 Å². The molecular formula is C23H44O5. The van der Waals surface area contributed by atoms with Crippen LogP contribution in [0.5, 0.6) is 0 Å². The maximum Gasteiger partial charge on any atom is 0.149 e. The zero-order valence-electron chi connectivity index (χ0n) is 17.9. The molecule has 0 saturated carbocycles. The van der Waals surface area contributed by atoms with Crippen LogP contribution in [0.3, 0.4) is 0 Å². The van der Waals surface area contributed by atoms with E-state index in [4.69, 9.17) is 9.47 Å². The molecule has 1 heterocycles. The number of aliphatic hydroxyl groups excluding tert-OH is 3. The van der Waals surface area contributed by atoms with Crippen LogP contribution in [0.4, 0.5) is 0 Å². The summed E-state index contributed by atoms with van der Waals surface area (Å²) in [5.41, 5.74) is 0. The quantitative estimate of drug-likeness (QED) is 0.233. The average molecular weight is 401 g/mol. The summed E-state index contributed by atoms with van der Waals surface area (Å²) in [6, 6.07) is 0. The number of aliphatic hydroxyl groups is 3. The Morgan fingerprint density at radius 1 is 0.893 bits per heavy atom. The van der Waals surface area contributed by atoms with Crippen LogP contribution in [0.1, 0.15) is 96.8 Å². The van der Waals surface area contributed by atoms with Crippen LogP contribution in [0, 0.1) is 0 Å². The standard InChI is InChI=1S/C23H44O5/c1-2-3-4-5-6-7-8-9-10-11-12-13-14-15-16-17-27-21(18-24)23-22(26)20(25)19-28-23/h16-17,20-26H,2-15,18-19H2,1H3/b17-16+/t20-,21+,22-,23-/m0/s1. The number of hydrogen-bond donors (Lipinski definition) is 3. The molecule has 166 valence electrons. The molecule has 4 atom stereocenters.